The van der Waals surface area contributed by atoms with Crippen molar-refractivity contribution in [1.29, 1.82) is 0 Å². The normalized spacial score (nSPS) is 11.3. The van der Waals surface area contributed by atoms with Gasteiger partial charge in [0.1, 0.15) is 21.7 Å². The van der Waals surface area contributed by atoms with Crippen molar-refractivity contribution in [1.82, 2.24) is 0 Å². The molecule has 0 aliphatic rings. The van der Waals surface area contributed by atoms with Crippen LogP contribution in [0.25, 0.3) is 4.72 Å². The minimum atomic E-state index is -4.19. The molecule has 20 heavy (non-hydrogen) atoms. The highest BCUT2D eigenvalue weighted by Gasteiger charge is 2.12. The highest BCUT2D eigenvalue weighted by molar-refractivity contribution is 7.94. The third-order valence-electron chi connectivity index (χ3n) is 2.61. The van der Waals surface area contributed by atoms with Gasteiger partial charge in [-0.15, -0.1) is 5.69 Å². The van der Waals surface area contributed by atoms with Crippen molar-refractivity contribution >= 4 is 15.7 Å². The molecular weight excluding hydrogens is 286 g/mol. The van der Waals surface area contributed by atoms with Crippen LogP contribution in [0.2, 0.25) is 0 Å². The fourth-order valence-corrected chi connectivity index (χ4v) is 2.70. The maximum atomic E-state index is 13.6. The van der Waals surface area contributed by atoms with E-state index in [1.807, 2.05) is 0 Å². The van der Waals surface area contributed by atoms with Crippen LogP contribution in [0.5, 0.6) is 0 Å². The van der Waals surface area contributed by atoms with Crippen LogP contribution in [0, 0.1) is 11.6 Å². The van der Waals surface area contributed by atoms with Crippen LogP contribution in [0.15, 0.2) is 47.4 Å². The molecule has 0 aliphatic heterocycles. The molecular formula is C13H12F2N2O2S. The molecule has 0 radical (unpaired) electrons. The van der Waals surface area contributed by atoms with Gasteiger partial charge in [0.15, 0.2) is 0 Å². The summed E-state index contributed by atoms with van der Waals surface area (Å²) in [6, 6.07) is 8.29. The van der Waals surface area contributed by atoms with Crippen molar-refractivity contribution in [2.24, 2.45) is 0 Å². The lowest BCUT2D eigenvalue weighted by Crippen LogP contribution is -2.47. The first kappa shape index (κ1) is 14.4. The topological polar surface area (TPSA) is 75.9 Å². The molecule has 0 amide bonds. The van der Waals surface area contributed by atoms with Crippen LogP contribution < -0.4 is 5.73 Å². The van der Waals surface area contributed by atoms with Gasteiger partial charge >= 0.3 is 0 Å². The molecule has 2 aromatic carbocycles. The molecule has 3 N–H and O–H groups in total. The monoisotopic (exact) mass is 298 g/mol. The summed E-state index contributed by atoms with van der Waals surface area (Å²) in [6.45, 7) is 0.333. The Hall–Kier alpha value is -1.99. The van der Waals surface area contributed by atoms with Crippen molar-refractivity contribution in [2.45, 2.75) is 11.4 Å². The summed E-state index contributed by atoms with van der Waals surface area (Å²) >= 11 is 0. The van der Waals surface area contributed by atoms with Gasteiger partial charge in [0.2, 0.25) is 0 Å². The van der Waals surface area contributed by atoms with Crippen molar-refractivity contribution < 1.29 is 22.9 Å². The molecule has 0 spiro atoms. The molecule has 0 aliphatic carbocycles. The smallest absolute Gasteiger partial charge is 0.140 e. The Kier molecular flexibility index (Phi) is 4.01. The predicted octanol–water partition coefficient (Wildman–Crippen LogP) is 2.10. The number of nitrogens with zero attached hydrogens (tertiary/aromatic N) is 1. The Balaban J connectivity index is 2.37. The van der Waals surface area contributed by atoms with Gasteiger partial charge in [-0.1, -0.05) is 18.2 Å². The highest BCUT2D eigenvalue weighted by atomic mass is 32.2. The predicted molar refractivity (Wildman–Crippen MR) is 69.6 cm³/mol. The van der Waals surface area contributed by atoms with Gasteiger partial charge < -0.3 is 10.5 Å². The summed E-state index contributed by atoms with van der Waals surface area (Å²) in [5.41, 5.74) is 4.23. The van der Waals surface area contributed by atoms with Crippen LogP contribution >= 0.6 is 0 Å². The van der Waals surface area contributed by atoms with E-state index in [0.29, 0.717) is 12.1 Å². The van der Waals surface area contributed by atoms with Gasteiger partial charge in [-0.3, -0.25) is 0 Å². The fourth-order valence-electron chi connectivity index (χ4n) is 1.59. The van der Waals surface area contributed by atoms with Gasteiger partial charge in [-0.25, -0.2) is 17.2 Å². The average Bonchev–Trinajstić information content (AvgIpc) is 2.41. The van der Waals surface area contributed by atoms with Crippen molar-refractivity contribution in [2.75, 3.05) is 0 Å². The lowest BCUT2D eigenvalue weighted by atomic mass is 10.2. The average molecular weight is 298 g/mol. The third kappa shape index (κ3) is 3.12. The van der Waals surface area contributed by atoms with Crippen molar-refractivity contribution in [3.8, 4) is 0 Å². The Bertz CT molecular complexity index is 716. The van der Waals surface area contributed by atoms with Crippen LogP contribution in [0.1, 0.15) is 5.56 Å². The Morgan fingerprint density at radius 3 is 2.30 bits per heavy atom. The van der Waals surface area contributed by atoms with Gasteiger partial charge in [0, 0.05) is 5.56 Å². The van der Waals surface area contributed by atoms with E-state index < -0.39 is 26.6 Å². The summed E-state index contributed by atoms with van der Waals surface area (Å²) in [7, 11) is -4.19. The van der Waals surface area contributed by atoms with Gasteiger partial charge in [-0.05, 0) is 24.3 Å². The standard InChI is InChI=1S/C13H11F2N2O2S/c14-10-2-4-11(5-3-10)17-20(18,19)13-7-9(8-16)1-6-12(13)15/h1-7H,8,16H2/q-1/p+1. The molecule has 0 atom stereocenters. The molecule has 2 aromatic rings. The zero-order valence-electron chi connectivity index (χ0n) is 10.4. The van der Waals surface area contributed by atoms with E-state index in [0.717, 1.165) is 18.2 Å². The maximum absolute atomic E-state index is 13.6. The molecule has 0 unspecified atom stereocenters. The second-order valence-electron chi connectivity index (χ2n) is 4.06. The first-order valence-electron chi connectivity index (χ1n) is 5.73. The van der Waals surface area contributed by atoms with E-state index >= 15 is 0 Å². The fraction of sp³-hybridized carbons (Fsp3) is 0.0769. The first-order valence-corrected chi connectivity index (χ1v) is 7.17. The third-order valence-corrected chi connectivity index (χ3v) is 3.93. The molecule has 0 heterocycles. The quantitative estimate of drug-likeness (QED) is 0.938. The van der Waals surface area contributed by atoms with Crippen molar-refractivity contribution in [3.05, 3.63) is 64.4 Å². The summed E-state index contributed by atoms with van der Waals surface area (Å²) in [5.74, 6) is -1.39. The Labute approximate surface area is 115 Å². The van der Waals surface area contributed by atoms with Crippen LogP contribution in [-0.2, 0) is 16.6 Å². The van der Waals surface area contributed by atoms with E-state index in [1.54, 1.807) is 0 Å². The largest absolute Gasteiger partial charge is 0.573 e. The summed E-state index contributed by atoms with van der Waals surface area (Å²) < 4.78 is 54.0. The number of rotatable bonds is 4. The molecule has 0 saturated carbocycles. The lowest BCUT2D eigenvalue weighted by molar-refractivity contribution is -0.386. The Morgan fingerprint density at radius 2 is 1.70 bits per heavy atom. The van der Waals surface area contributed by atoms with E-state index in [4.69, 9.17) is 0 Å². The van der Waals surface area contributed by atoms with Crippen LogP contribution in [0.3, 0.4) is 0 Å². The molecule has 0 aromatic heterocycles. The molecule has 106 valence electrons. The molecule has 0 bridgehead atoms. The zero-order chi connectivity index (χ0) is 14.8. The second-order valence-corrected chi connectivity index (χ2v) is 5.63. The Morgan fingerprint density at radius 1 is 1.05 bits per heavy atom. The van der Waals surface area contributed by atoms with Crippen LogP contribution in [0.4, 0.5) is 14.5 Å². The SMILES string of the molecule is [NH3+]Cc1ccc(F)c(S(=O)(=O)[N-]c2ccc(F)cc2)c1. The molecule has 7 heteroatoms. The minimum Gasteiger partial charge on any atom is -0.573 e. The first-order chi connectivity index (χ1) is 9.42. The summed E-state index contributed by atoms with van der Waals surface area (Å²) in [5, 5.41) is 0. The van der Waals surface area contributed by atoms with Crippen molar-refractivity contribution in [3.63, 3.8) is 0 Å². The van der Waals surface area contributed by atoms with E-state index in [1.165, 1.54) is 24.3 Å². The van der Waals surface area contributed by atoms with E-state index in [2.05, 4.69) is 10.5 Å². The summed E-state index contributed by atoms with van der Waals surface area (Å²) in [4.78, 5) is -0.511. The van der Waals surface area contributed by atoms with E-state index in [9.17, 15) is 17.2 Å². The number of hydrogen-bond donors (Lipinski definition) is 1. The number of quaternary nitrogens is 1. The number of halogens is 2. The molecule has 0 fully saturated rings. The van der Waals surface area contributed by atoms with Crippen LogP contribution in [-0.4, -0.2) is 8.42 Å². The number of hydrogen-bond acceptors (Lipinski definition) is 2. The molecule has 4 nitrogen and oxygen atoms in total. The van der Waals surface area contributed by atoms with Gasteiger partial charge in [0.25, 0.3) is 0 Å². The highest BCUT2D eigenvalue weighted by Crippen LogP contribution is 2.29. The minimum absolute atomic E-state index is 0.0332. The number of sulfonamides is 1. The maximum Gasteiger partial charge on any atom is 0.140 e. The second kappa shape index (κ2) is 5.56. The van der Waals surface area contributed by atoms with Gasteiger partial charge in [0.05, 0.1) is 11.4 Å². The van der Waals surface area contributed by atoms with E-state index in [-0.39, 0.29) is 5.69 Å². The molecule has 2 rings (SSSR count). The molecule has 0 saturated heterocycles. The zero-order valence-corrected chi connectivity index (χ0v) is 11.2. The lowest BCUT2D eigenvalue weighted by Gasteiger charge is -2.22. The summed E-state index contributed by atoms with van der Waals surface area (Å²) in [6.07, 6.45) is 0. The van der Waals surface area contributed by atoms with Gasteiger partial charge in [-0.2, -0.15) is 0 Å². The number of benzene rings is 2.